The van der Waals surface area contributed by atoms with E-state index in [1.807, 2.05) is 12.4 Å². The van der Waals surface area contributed by atoms with E-state index < -0.39 is 0 Å². The summed E-state index contributed by atoms with van der Waals surface area (Å²) in [5.41, 5.74) is 1.22. The Morgan fingerprint density at radius 3 is 2.59 bits per heavy atom. The van der Waals surface area contributed by atoms with E-state index in [1.165, 1.54) is 34.4 Å². The van der Waals surface area contributed by atoms with Gasteiger partial charge in [0.25, 0.3) is 5.56 Å². The number of piperazine rings is 1. The van der Waals surface area contributed by atoms with Gasteiger partial charge in [0.05, 0.1) is 11.7 Å². The zero-order chi connectivity index (χ0) is 19.0. The smallest absolute Gasteiger partial charge is 0.263 e. The van der Waals surface area contributed by atoms with Crippen molar-refractivity contribution in [3.8, 4) is 11.1 Å². The van der Waals surface area contributed by atoms with Gasteiger partial charge < -0.3 is 9.80 Å². The van der Waals surface area contributed by atoms with E-state index >= 15 is 0 Å². The molecule has 2 aromatic heterocycles. The Balaban J connectivity index is 1.65. The second-order valence-electron chi connectivity index (χ2n) is 6.70. The maximum absolute atomic E-state index is 13.2. The van der Waals surface area contributed by atoms with Crippen molar-refractivity contribution in [1.82, 2.24) is 19.4 Å². The molecule has 1 saturated heterocycles. The highest BCUT2D eigenvalue weighted by Gasteiger charge is 2.21. The lowest BCUT2D eigenvalue weighted by atomic mass is 10.1. The van der Waals surface area contributed by atoms with Gasteiger partial charge in [-0.25, -0.2) is 9.37 Å². The lowest BCUT2D eigenvalue weighted by Gasteiger charge is -2.32. The number of likely N-dealkylation sites (N-methyl/N-ethyl adjacent to an activating group) is 1. The molecule has 0 spiro atoms. The third kappa shape index (κ3) is 3.50. The maximum Gasteiger partial charge on any atom is 0.263 e. The highest BCUT2D eigenvalue weighted by atomic mass is 32.1. The van der Waals surface area contributed by atoms with Crippen LogP contribution in [0.25, 0.3) is 21.3 Å². The maximum atomic E-state index is 13.2. The molecule has 0 unspecified atom stereocenters. The molecule has 1 aliphatic rings. The first-order chi connectivity index (χ1) is 13.0. The van der Waals surface area contributed by atoms with Crippen LogP contribution in [-0.2, 0) is 11.3 Å². The molecule has 3 aromatic rings. The Morgan fingerprint density at radius 1 is 1.19 bits per heavy atom. The summed E-state index contributed by atoms with van der Waals surface area (Å²) in [7, 11) is 2.03. The summed E-state index contributed by atoms with van der Waals surface area (Å²) in [4.78, 5) is 34.5. The number of rotatable bonds is 3. The molecule has 4 rings (SSSR count). The molecule has 0 bridgehead atoms. The van der Waals surface area contributed by atoms with Crippen LogP contribution in [0.1, 0.15) is 0 Å². The van der Waals surface area contributed by atoms with E-state index in [4.69, 9.17) is 0 Å². The van der Waals surface area contributed by atoms with E-state index in [2.05, 4.69) is 9.88 Å². The quantitative estimate of drug-likeness (QED) is 0.691. The first-order valence-corrected chi connectivity index (χ1v) is 9.60. The topological polar surface area (TPSA) is 58.4 Å². The van der Waals surface area contributed by atoms with Crippen LogP contribution in [-0.4, -0.2) is 58.5 Å². The van der Waals surface area contributed by atoms with Gasteiger partial charge in [-0.1, -0.05) is 12.1 Å². The molecule has 0 radical (unpaired) electrons. The molecule has 0 N–H and O–H groups in total. The SMILES string of the molecule is CN1CCN(C(=O)Cn2cnc3scc(-c4ccc(F)cc4)c3c2=O)CC1. The Morgan fingerprint density at radius 2 is 1.89 bits per heavy atom. The van der Waals surface area contributed by atoms with Crippen LogP contribution < -0.4 is 5.56 Å². The normalized spacial score (nSPS) is 15.4. The average Bonchev–Trinajstić information content (AvgIpc) is 3.10. The van der Waals surface area contributed by atoms with Crippen LogP contribution in [0, 0.1) is 5.82 Å². The number of thiophene rings is 1. The molecule has 6 nitrogen and oxygen atoms in total. The summed E-state index contributed by atoms with van der Waals surface area (Å²) in [6.07, 6.45) is 1.43. The van der Waals surface area contributed by atoms with E-state index in [0.717, 1.165) is 18.7 Å². The van der Waals surface area contributed by atoms with Gasteiger partial charge in [0.1, 0.15) is 17.2 Å². The standard InChI is InChI=1S/C19H19FN4O2S/c1-22-6-8-23(9-7-22)16(25)10-24-12-21-18-17(19(24)26)15(11-27-18)13-2-4-14(20)5-3-13/h2-5,11-12H,6-10H2,1H3. The van der Waals surface area contributed by atoms with Gasteiger partial charge in [-0.3, -0.25) is 14.2 Å². The number of carbonyl (C=O) groups excluding carboxylic acids is 1. The van der Waals surface area contributed by atoms with Crippen molar-refractivity contribution in [2.24, 2.45) is 0 Å². The lowest BCUT2D eigenvalue weighted by molar-refractivity contribution is -0.133. The second-order valence-corrected chi connectivity index (χ2v) is 7.56. The number of fused-ring (bicyclic) bond motifs is 1. The fraction of sp³-hybridized carbons (Fsp3) is 0.316. The Bertz CT molecular complexity index is 1040. The van der Waals surface area contributed by atoms with Gasteiger partial charge in [0.15, 0.2) is 0 Å². The summed E-state index contributed by atoms with van der Waals surface area (Å²) in [5.74, 6) is -0.406. The van der Waals surface area contributed by atoms with Crippen molar-refractivity contribution in [3.63, 3.8) is 0 Å². The number of benzene rings is 1. The van der Waals surface area contributed by atoms with Crippen LogP contribution in [0.5, 0.6) is 0 Å². The molecular formula is C19H19FN4O2S. The molecule has 1 aliphatic heterocycles. The fourth-order valence-corrected chi connectivity index (χ4v) is 4.13. The lowest BCUT2D eigenvalue weighted by Crippen LogP contribution is -2.48. The summed E-state index contributed by atoms with van der Waals surface area (Å²) in [6, 6.07) is 6.02. The van der Waals surface area contributed by atoms with Gasteiger partial charge >= 0.3 is 0 Å². The zero-order valence-electron chi connectivity index (χ0n) is 14.9. The predicted octanol–water partition coefficient (Wildman–Crippen LogP) is 2.04. The summed E-state index contributed by atoms with van der Waals surface area (Å²) in [6.45, 7) is 2.97. The number of hydrogen-bond donors (Lipinski definition) is 0. The molecule has 1 aromatic carbocycles. The molecule has 3 heterocycles. The van der Waals surface area contributed by atoms with Gasteiger partial charge in [0, 0.05) is 37.1 Å². The predicted molar refractivity (Wildman–Crippen MR) is 103 cm³/mol. The molecule has 140 valence electrons. The van der Waals surface area contributed by atoms with Crippen molar-refractivity contribution < 1.29 is 9.18 Å². The van der Waals surface area contributed by atoms with Crippen LogP contribution in [0.3, 0.4) is 0 Å². The molecule has 1 fully saturated rings. The van der Waals surface area contributed by atoms with Gasteiger partial charge in [0.2, 0.25) is 5.91 Å². The molecular weight excluding hydrogens is 367 g/mol. The van der Waals surface area contributed by atoms with Crippen LogP contribution >= 0.6 is 11.3 Å². The number of nitrogens with zero attached hydrogens (tertiary/aromatic N) is 4. The Hall–Kier alpha value is -2.58. The van der Waals surface area contributed by atoms with Gasteiger partial charge in [-0.2, -0.15) is 0 Å². The third-order valence-electron chi connectivity index (χ3n) is 4.88. The molecule has 8 heteroatoms. The minimum atomic E-state index is -0.327. The van der Waals surface area contributed by atoms with Crippen LogP contribution in [0.2, 0.25) is 0 Å². The minimum Gasteiger partial charge on any atom is -0.339 e. The van der Waals surface area contributed by atoms with Crippen molar-refractivity contribution in [2.45, 2.75) is 6.54 Å². The summed E-state index contributed by atoms with van der Waals surface area (Å²) < 4.78 is 14.6. The monoisotopic (exact) mass is 386 g/mol. The van der Waals surface area contributed by atoms with E-state index in [0.29, 0.717) is 28.9 Å². The molecule has 1 amide bonds. The van der Waals surface area contributed by atoms with Crippen molar-refractivity contribution >= 4 is 27.5 Å². The fourth-order valence-electron chi connectivity index (χ4n) is 3.22. The highest BCUT2D eigenvalue weighted by Crippen LogP contribution is 2.30. The zero-order valence-corrected chi connectivity index (χ0v) is 15.7. The highest BCUT2D eigenvalue weighted by molar-refractivity contribution is 7.17. The van der Waals surface area contributed by atoms with Crippen LogP contribution in [0.4, 0.5) is 4.39 Å². The van der Waals surface area contributed by atoms with Crippen molar-refractivity contribution in [1.29, 1.82) is 0 Å². The number of halogens is 1. The van der Waals surface area contributed by atoms with E-state index in [-0.39, 0.29) is 23.8 Å². The number of hydrogen-bond acceptors (Lipinski definition) is 5. The van der Waals surface area contributed by atoms with Crippen molar-refractivity contribution in [3.05, 3.63) is 52.1 Å². The molecule has 0 aliphatic carbocycles. The molecule has 0 saturated carbocycles. The second kappa shape index (κ2) is 7.21. The average molecular weight is 386 g/mol. The first kappa shape index (κ1) is 17.8. The summed E-state index contributed by atoms with van der Waals surface area (Å²) in [5, 5.41) is 2.32. The van der Waals surface area contributed by atoms with Gasteiger partial charge in [-0.15, -0.1) is 11.3 Å². The van der Waals surface area contributed by atoms with Crippen LogP contribution in [0.15, 0.2) is 40.8 Å². The van der Waals surface area contributed by atoms with Crippen molar-refractivity contribution in [2.75, 3.05) is 33.2 Å². The largest absolute Gasteiger partial charge is 0.339 e. The third-order valence-corrected chi connectivity index (χ3v) is 5.76. The number of amides is 1. The van der Waals surface area contributed by atoms with E-state index in [9.17, 15) is 14.0 Å². The molecule has 0 atom stereocenters. The molecule has 27 heavy (non-hydrogen) atoms. The Labute approximate surface area is 159 Å². The van der Waals surface area contributed by atoms with E-state index in [1.54, 1.807) is 17.0 Å². The summed E-state index contributed by atoms with van der Waals surface area (Å²) >= 11 is 1.36. The number of aromatic nitrogens is 2. The number of carbonyl (C=O) groups is 1. The Kier molecular flexibility index (Phi) is 4.75. The van der Waals surface area contributed by atoms with Gasteiger partial charge in [-0.05, 0) is 24.7 Å². The minimum absolute atomic E-state index is 0.0236. The first-order valence-electron chi connectivity index (χ1n) is 8.72.